The van der Waals surface area contributed by atoms with Crippen molar-refractivity contribution in [2.75, 3.05) is 0 Å². The largest absolute Gasteiger partial charge is 0.246 e. The van der Waals surface area contributed by atoms with Gasteiger partial charge in [0.1, 0.15) is 17.9 Å². The number of rotatable bonds is 2. The Kier molecular flexibility index (Phi) is 2.94. The molecule has 0 bridgehead atoms. The Labute approximate surface area is 75.1 Å². The first kappa shape index (κ1) is 9.15. The summed E-state index contributed by atoms with van der Waals surface area (Å²) in [6.07, 6.45) is -0.174. The average molecular weight is 175 g/mol. The second-order valence-electron chi connectivity index (χ2n) is 2.42. The molecule has 1 heterocycles. The molecule has 1 rings (SSSR count). The van der Waals surface area contributed by atoms with E-state index in [2.05, 4.69) is 4.98 Å². The molecule has 0 N–H and O–H groups in total. The van der Waals surface area contributed by atoms with Gasteiger partial charge in [-0.25, -0.2) is 9.37 Å². The molecule has 13 heavy (non-hydrogen) atoms. The zero-order valence-corrected chi connectivity index (χ0v) is 6.74. The molecule has 1 aromatic rings. The molecule has 4 heteroatoms. The van der Waals surface area contributed by atoms with Crippen LogP contribution < -0.4 is 0 Å². The molecule has 0 aliphatic rings. The van der Waals surface area contributed by atoms with Gasteiger partial charge in [-0.1, -0.05) is 0 Å². The smallest absolute Gasteiger partial charge is 0.140 e. The summed E-state index contributed by atoms with van der Waals surface area (Å²) < 4.78 is 13.1. The Morgan fingerprint density at radius 3 is 2.92 bits per heavy atom. The number of alkyl halides is 1. The van der Waals surface area contributed by atoms with Crippen LogP contribution in [0.3, 0.4) is 0 Å². The lowest BCUT2D eigenvalue weighted by Gasteiger charge is -2.02. The van der Waals surface area contributed by atoms with Gasteiger partial charge in [0.25, 0.3) is 0 Å². The van der Waals surface area contributed by atoms with Crippen molar-refractivity contribution in [2.24, 2.45) is 0 Å². The first-order valence-electron chi connectivity index (χ1n) is 3.65. The van der Waals surface area contributed by atoms with Gasteiger partial charge in [0.05, 0.1) is 12.5 Å². The Hall–Kier alpha value is -1.94. The van der Waals surface area contributed by atoms with E-state index in [0.717, 1.165) is 0 Å². The van der Waals surface area contributed by atoms with Crippen molar-refractivity contribution in [1.29, 1.82) is 10.5 Å². The molecule has 1 unspecified atom stereocenters. The van der Waals surface area contributed by atoms with Gasteiger partial charge in [-0.2, -0.15) is 10.5 Å². The van der Waals surface area contributed by atoms with E-state index in [9.17, 15) is 4.39 Å². The third-order valence-corrected chi connectivity index (χ3v) is 1.53. The number of nitrogens with zero attached hydrogens (tertiary/aromatic N) is 3. The molecular weight excluding hydrogens is 169 g/mol. The Morgan fingerprint density at radius 1 is 1.54 bits per heavy atom. The Morgan fingerprint density at radius 2 is 2.31 bits per heavy atom. The van der Waals surface area contributed by atoms with Crippen LogP contribution in [0.25, 0.3) is 0 Å². The van der Waals surface area contributed by atoms with E-state index in [1.54, 1.807) is 12.1 Å². The molecule has 0 saturated heterocycles. The van der Waals surface area contributed by atoms with Crippen molar-refractivity contribution in [2.45, 2.75) is 12.6 Å². The van der Waals surface area contributed by atoms with Crippen LogP contribution >= 0.6 is 0 Å². The number of hydrogen-bond donors (Lipinski definition) is 0. The molecule has 64 valence electrons. The number of nitriles is 2. The first-order chi connectivity index (χ1) is 6.27. The molecule has 0 aromatic carbocycles. The van der Waals surface area contributed by atoms with Crippen LogP contribution in [-0.4, -0.2) is 4.98 Å². The molecule has 0 spiro atoms. The maximum absolute atomic E-state index is 13.1. The number of halogens is 1. The summed E-state index contributed by atoms with van der Waals surface area (Å²) in [6, 6.07) is 6.34. The van der Waals surface area contributed by atoms with Crippen molar-refractivity contribution in [3.8, 4) is 12.1 Å². The molecule has 1 aromatic heterocycles. The van der Waals surface area contributed by atoms with Gasteiger partial charge >= 0.3 is 0 Å². The fraction of sp³-hybridized carbons (Fsp3) is 0.222. The monoisotopic (exact) mass is 175 g/mol. The van der Waals surface area contributed by atoms with Crippen molar-refractivity contribution in [1.82, 2.24) is 4.98 Å². The fourth-order valence-corrected chi connectivity index (χ4v) is 0.901. The summed E-state index contributed by atoms with van der Waals surface area (Å²) >= 11 is 0. The fourth-order valence-electron chi connectivity index (χ4n) is 0.901. The van der Waals surface area contributed by atoms with Crippen molar-refractivity contribution in [3.63, 3.8) is 0 Å². The van der Waals surface area contributed by atoms with Gasteiger partial charge in [-0.3, -0.25) is 0 Å². The molecular formula is C9H6FN3. The van der Waals surface area contributed by atoms with Crippen molar-refractivity contribution >= 4 is 0 Å². The lowest BCUT2D eigenvalue weighted by Crippen LogP contribution is -1.92. The summed E-state index contributed by atoms with van der Waals surface area (Å²) in [5, 5.41) is 16.7. The highest BCUT2D eigenvalue weighted by Crippen LogP contribution is 2.20. The second kappa shape index (κ2) is 4.18. The van der Waals surface area contributed by atoms with E-state index in [-0.39, 0.29) is 12.1 Å². The first-order valence-corrected chi connectivity index (χ1v) is 3.65. The van der Waals surface area contributed by atoms with Crippen LogP contribution in [0, 0.1) is 22.7 Å². The van der Waals surface area contributed by atoms with Crippen molar-refractivity contribution in [3.05, 3.63) is 29.6 Å². The minimum absolute atomic E-state index is 0.165. The second-order valence-corrected chi connectivity index (χ2v) is 2.42. The van der Waals surface area contributed by atoms with E-state index in [1.807, 2.05) is 0 Å². The normalized spacial score (nSPS) is 11.3. The molecule has 0 radical (unpaired) electrons. The lowest BCUT2D eigenvalue weighted by atomic mass is 10.1. The zero-order chi connectivity index (χ0) is 9.68. The van der Waals surface area contributed by atoms with Crippen LogP contribution in [0.15, 0.2) is 18.3 Å². The van der Waals surface area contributed by atoms with Gasteiger partial charge in [-0.05, 0) is 17.7 Å². The highest BCUT2D eigenvalue weighted by molar-refractivity contribution is 5.27. The molecule has 0 aliphatic carbocycles. The summed E-state index contributed by atoms with van der Waals surface area (Å²) in [6.45, 7) is 0. The Bertz CT molecular complexity index is 375. The predicted molar refractivity (Wildman–Crippen MR) is 43.0 cm³/mol. The van der Waals surface area contributed by atoms with Crippen LogP contribution in [0.4, 0.5) is 4.39 Å². The molecule has 0 aliphatic heterocycles. The van der Waals surface area contributed by atoms with E-state index in [0.29, 0.717) is 5.56 Å². The summed E-state index contributed by atoms with van der Waals surface area (Å²) in [5.74, 6) is 0. The minimum atomic E-state index is -1.33. The van der Waals surface area contributed by atoms with Crippen LogP contribution in [0.1, 0.15) is 23.8 Å². The van der Waals surface area contributed by atoms with Gasteiger partial charge < -0.3 is 0 Å². The average Bonchev–Trinajstić information content (AvgIpc) is 2.18. The van der Waals surface area contributed by atoms with Gasteiger partial charge in [0.2, 0.25) is 0 Å². The summed E-state index contributed by atoms with van der Waals surface area (Å²) in [7, 11) is 0. The maximum atomic E-state index is 13.1. The van der Waals surface area contributed by atoms with E-state index in [4.69, 9.17) is 10.5 Å². The third kappa shape index (κ3) is 2.25. The number of aromatic nitrogens is 1. The predicted octanol–water partition coefficient (Wildman–Crippen LogP) is 1.88. The van der Waals surface area contributed by atoms with Crippen LogP contribution in [0.5, 0.6) is 0 Å². The number of pyridine rings is 1. The Balaban J connectivity index is 2.91. The van der Waals surface area contributed by atoms with E-state index in [1.165, 1.54) is 18.3 Å². The quantitative estimate of drug-likeness (QED) is 0.689. The third-order valence-electron chi connectivity index (χ3n) is 1.53. The molecule has 3 nitrogen and oxygen atoms in total. The van der Waals surface area contributed by atoms with E-state index < -0.39 is 6.17 Å². The molecule has 0 saturated carbocycles. The SMILES string of the molecule is N#CCC(F)c1ccnc(C#N)c1. The van der Waals surface area contributed by atoms with Gasteiger partial charge in [0.15, 0.2) is 0 Å². The molecule has 1 atom stereocenters. The molecule has 0 fully saturated rings. The van der Waals surface area contributed by atoms with Crippen LogP contribution in [0.2, 0.25) is 0 Å². The maximum Gasteiger partial charge on any atom is 0.140 e. The van der Waals surface area contributed by atoms with Crippen molar-refractivity contribution < 1.29 is 4.39 Å². The van der Waals surface area contributed by atoms with E-state index >= 15 is 0 Å². The summed E-state index contributed by atoms with van der Waals surface area (Å²) in [4.78, 5) is 3.69. The molecule has 0 amide bonds. The minimum Gasteiger partial charge on any atom is -0.246 e. The number of hydrogen-bond acceptors (Lipinski definition) is 3. The van der Waals surface area contributed by atoms with Gasteiger partial charge in [0, 0.05) is 6.20 Å². The van der Waals surface area contributed by atoms with Gasteiger partial charge in [-0.15, -0.1) is 0 Å². The highest BCUT2D eigenvalue weighted by atomic mass is 19.1. The summed E-state index contributed by atoms with van der Waals surface area (Å²) in [5.41, 5.74) is 0.492. The highest BCUT2D eigenvalue weighted by Gasteiger charge is 2.09. The topological polar surface area (TPSA) is 60.5 Å². The lowest BCUT2D eigenvalue weighted by molar-refractivity contribution is 0.350. The van der Waals surface area contributed by atoms with Crippen LogP contribution in [-0.2, 0) is 0 Å². The standard InChI is InChI=1S/C9H6FN3/c10-9(1-3-11)7-2-4-13-8(5-7)6-12/h2,4-5,9H,1H2. The zero-order valence-electron chi connectivity index (χ0n) is 6.74.